The Kier molecular flexibility index (Phi) is 5.20. The van der Waals surface area contributed by atoms with Gasteiger partial charge in [-0.1, -0.05) is 19.1 Å². The Labute approximate surface area is 125 Å². The summed E-state index contributed by atoms with van der Waals surface area (Å²) in [7, 11) is 0. The third kappa shape index (κ3) is 4.21. The van der Waals surface area contributed by atoms with Crippen molar-refractivity contribution >= 4 is 17.5 Å². The molecule has 0 unspecified atom stereocenters. The average molecular weight is 289 g/mol. The first-order valence-corrected chi connectivity index (χ1v) is 7.50. The van der Waals surface area contributed by atoms with Crippen LogP contribution in [0.2, 0.25) is 0 Å². The van der Waals surface area contributed by atoms with Crippen LogP contribution < -0.4 is 5.73 Å². The smallest absolute Gasteiger partial charge is 0.227 e. The molecule has 0 spiro atoms. The second-order valence-corrected chi connectivity index (χ2v) is 5.39. The molecular formula is C16H23N3O2. The zero-order valence-corrected chi connectivity index (χ0v) is 12.5. The fraction of sp³-hybridized carbons (Fsp3) is 0.500. The molecule has 2 rings (SSSR count). The number of rotatable bonds is 3. The molecule has 0 aromatic heterocycles. The highest BCUT2D eigenvalue weighted by Crippen LogP contribution is 2.11. The highest BCUT2D eigenvalue weighted by atomic mass is 16.2. The largest absolute Gasteiger partial charge is 0.399 e. The van der Waals surface area contributed by atoms with Crippen molar-refractivity contribution < 1.29 is 9.59 Å². The number of hydrogen-bond donors (Lipinski definition) is 1. The predicted molar refractivity (Wildman–Crippen MR) is 82.6 cm³/mol. The minimum atomic E-state index is 0.103. The highest BCUT2D eigenvalue weighted by molar-refractivity contribution is 5.79. The molecule has 5 heteroatoms. The summed E-state index contributed by atoms with van der Waals surface area (Å²) in [5.41, 5.74) is 7.35. The van der Waals surface area contributed by atoms with E-state index < -0.39 is 0 Å². The number of amides is 2. The van der Waals surface area contributed by atoms with Crippen LogP contribution in [0.5, 0.6) is 0 Å². The fourth-order valence-electron chi connectivity index (χ4n) is 2.63. The molecule has 21 heavy (non-hydrogen) atoms. The van der Waals surface area contributed by atoms with Gasteiger partial charge in [0.1, 0.15) is 0 Å². The molecule has 1 aromatic rings. The summed E-state index contributed by atoms with van der Waals surface area (Å²) >= 11 is 0. The number of nitrogens with zero attached hydrogens (tertiary/aromatic N) is 2. The number of carbonyl (C=O) groups excluding carboxylic acids is 2. The molecule has 114 valence electrons. The molecule has 0 atom stereocenters. The molecular weight excluding hydrogens is 266 g/mol. The van der Waals surface area contributed by atoms with Crippen molar-refractivity contribution in [1.29, 1.82) is 0 Å². The van der Waals surface area contributed by atoms with E-state index in [-0.39, 0.29) is 11.8 Å². The lowest BCUT2D eigenvalue weighted by Gasteiger charge is -2.22. The van der Waals surface area contributed by atoms with Gasteiger partial charge in [0.25, 0.3) is 0 Å². The van der Waals surface area contributed by atoms with Gasteiger partial charge in [-0.2, -0.15) is 0 Å². The first kappa shape index (κ1) is 15.4. The Morgan fingerprint density at radius 2 is 1.76 bits per heavy atom. The predicted octanol–water partition coefficient (Wildman–Crippen LogP) is 1.28. The summed E-state index contributed by atoms with van der Waals surface area (Å²) < 4.78 is 0. The van der Waals surface area contributed by atoms with Gasteiger partial charge in [-0.15, -0.1) is 0 Å². The lowest BCUT2D eigenvalue weighted by Crippen LogP contribution is -2.37. The van der Waals surface area contributed by atoms with E-state index in [1.807, 2.05) is 41.0 Å². The Morgan fingerprint density at radius 3 is 2.38 bits per heavy atom. The Morgan fingerprint density at radius 1 is 1.10 bits per heavy atom. The van der Waals surface area contributed by atoms with E-state index in [1.165, 1.54) is 0 Å². The lowest BCUT2D eigenvalue weighted by atomic mass is 10.1. The third-order valence-electron chi connectivity index (χ3n) is 3.81. The summed E-state index contributed by atoms with van der Waals surface area (Å²) in [4.78, 5) is 27.8. The first-order valence-electron chi connectivity index (χ1n) is 7.50. The number of benzene rings is 1. The van der Waals surface area contributed by atoms with E-state index in [2.05, 4.69) is 0 Å². The van der Waals surface area contributed by atoms with Gasteiger partial charge in [-0.25, -0.2) is 0 Å². The number of anilines is 1. The van der Waals surface area contributed by atoms with Crippen LogP contribution in [0.25, 0.3) is 0 Å². The minimum Gasteiger partial charge on any atom is -0.399 e. The van der Waals surface area contributed by atoms with Gasteiger partial charge < -0.3 is 15.5 Å². The van der Waals surface area contributed by atoms with E-state index in [4.69, 9.17) is 5.73 Å². The van der Waals surface area contributed by atoms with Gasteiger partial charge in [0.15, 0.2) is 0 Å². The third-order valence-corrected chi connectivity index (χ3v) is 3.81. The van der Waals surface area contributed by atoms with Crippen molar-refractivity contribution in [2.75, 3.05) is 31.9 Å². The standard InChI is InChI=1S/C16H23N3O2/c1-2-15(20)18-7-4-8-19(10-9-18)16(21)12-13-5-3-6-14(17)11-13/h3,5-6,11H,2,4,7-10,12,17H2,1H3. The van der Waals surface area contributed by atoms with Gasteiger partial charge in [0.05, 0.1) is 6.42 Å². The molecule has 1 heterocycles. The van der Waals surface area contributed by atoms with Crippen LogP contribution in [-0.2, 0) is 16.0 Å². The van der Waals surface area contributed by atoms with Crippen molar-refractivity contribution in [2.24, 2.45) is 0 Å². The molecule has 1 aromatic carbocycles. The summed E-state index contributed by atoms with van der Waals surface area (Å²) in [5, 5.41) is 0. The number of nitrogens with two attached hydrogens (primary N) is 1. The first-order chi connectivity index (χ1) is 10.1. The second kappa shape index (κ2) is 7.11. The molecule has 5 nitrogen and oxygen atoms in total. The van der Waals surface area contributed by atoms with E-state index in [0.717, 1.165) is 18.5 Å². The quantitative estimate of drug-likeness (QED) is 0.852. The molecule has 1 fully saturated rings. The zero-order valence-electron chi connectivity index (χ0n) is 12.5. The Bertz CT molecular complexity index is 516. The molecule has 2 amide bonds. The van der Waals surface area contributed by atoms with Crippen LogP contribution in [-0.4, -0.2) is 47.8 Å². The lowest BCUT2D eigenvalue weighted by molar-refractivity contribution is -0.133. The van der Waals surface area contributed by atoms with Crippen LogP contribution in [0.4, 0.5) is 5.69 Å². The summed E-state index contributed by atoms with van der Waals surface area (Å²) in [6, 6.07) is 7.43. The van der Waals surface area contributed by atoms with E-state index in [1.54, 1.807) is 0 Å². The SMILES string of the molecule is CCC(=O)N1CCCN(C(=O)Cc2cccc(N)c2)CC1. The summed E-state index contributed by atoms with van der Waals surface area (Å²) in [5.74, 6) is 0.270. The van der Waals surface area contributed by atoms with Crippen LogP contribution in [0.15, 0.2) is 24.3 Å². The normalized spacial score (nSPS) is 15.7. The van der Waals surface area contributed by atoms with Crippen molar-refractivity contribution in [1.82, 2.24) is 9.80 Å². The number of carbonyl (C=O) groups is 2. The van der Waals surface area contributed by atoms with Crippen LogP contribution in [0.1, 0.15) is 25.3 Å². The molecule has 0 aliphatic carbocycles. The topological polar surface area (TPSA) is 66.6 Å². The van der Waals surface area contributed by atoms with Gasteiger partial charge in [-0.3, -0.25) is 9.59 Å². The Balaban J connectivity index is 1.92. The number of hydrogen-bond acceptors (Lipinski definition) is 3. The van der Waals surface area contributed by atoms with Crippen molar-refractivity contribution in [3.8, 4) is 0 Å². The molecule has 1 aliphatic rings. The molecule has 2 N–H and O–H groups in total. The summed E-state index contributed by atoms with van der Waals surface area (Å²) in [6.07, 6.45) is 1.73. The summed E-state index contributed by atoms with van der Waals surface area (Å²) in [6.45, 7) is 4.58. The zero-order chi connectivity index (χ0) is 15.2. The highest BCUT2D eigenvalue weighted by Gasteiger charge is 2.21. The van der Waals surface area contributed by atoms with Gasteiger partial charge in [0.2, 0.25) is 11.8 Å². The van der Waals surface area contributed by atoms with Gasteiger partial charge >= 0.3 is 0 Å². The maximum Gasteiger partial charge on any atom is 0.227 e. The Hall–Kier alpha value is -2.04. The fourth-order valence-corrected chi connectivity index (χ4v) is 2.63. The molecule has 1 aliphatic heterocycles. The maximum atomic E-state index is 12.4. The minimum absolute atomic E-state index is 0.103. The van der Waals surface area contributed by atoms with E-state index in [9.17, 15) is 9.59 Å². The van der Waals surface area contributed by atoms with Crippen molar-refractivity contribution in [2.45, 2.75) is 26.2 Å². The molecule has 1 saturated heterocycles. The van der Waals surface area contributed by atoms with E-state index in [0.29, 0.717) is 38.2 Å². The monoisotopic (exact) mass is 289 g/mol. The molecule has 0 saturated carbocycles. The van der Waals surface area contributed by atoms with Crippen LogP contribution >= 0.6 is 0 Å². The van der Waals surface area contributed by atoms with Crippen molar-refractivity contribution in [3.05, 3.63) is 29.8 Å². The van der Waals surface area contributed by atoms with Crippen LogP contribution in [0.3, 0.4) is 0 Å². The van der Waals surface area contributed by atoms with Gasteiger partial charge in [-0.05, 0) is 24.1 Å². The maximum absolute atomic E-state index is 12.4. The second-order valence-electron chi connectivity index (χ2n) is 5.39. The van der Waals surface area contributed by atoms with Gasteiger partial charge in [0, 0.05) is 38.3 Å². The number of nitrogen functional groups attached to an aromatic ring is 1. The van der Waals surface area contributed by atoms with Crippen molar-refractivity contribution in [3.63, 3.8) is 0 Å². The van der Waals surface area contributed by atoms with E-state index >= 15 is 0 Å². The molecule has 0 bridgehead atoms. The van der Waals surface area contributed by atoms with Crippen LogP contribution in [0, 0.1) is 0 Å². The molecule has 0 radical (unpaired) electrons. The average Bonchev–Trinajstić information content (AvgIpc) is 2.72.